The number of hydrogen-bond acceptors (Lipinski definition) is 0. The van der Waals surface area contributed by atoms with E-state index in [9.17, 15) is 0 Å². The van der Waals surface area contributed by atoms with Crippen LogP contribution in [-0.2, 0) is 0 Å². The van der Waals surface area contributed by atoms with Gasteiger partial charge in [-0.05, 0) is 72.7 Å². The molecule has 0 amide bonds. The summed E-state index contributed by atoms with van der Waals surface area (Å²) in [7, 11) is 0. The maximum absolute atomic E-state index is 2.34. The lowest BCUT2D eigenvalue weighted by Gasteiger charge is -2.15. The highest BCUT2D eigenvalue weighted by Gasteiger charge is 2.11. The van der Waals surface area contributed by atoms with Gasteiger partial charge in [-0.1, -0.05) is 95.6 Å². The molecule has 0 heteroatoms. The molecule has 0 saturated heterocycles. The standard InChI is InChI=1S/C28H26/c1-19-5-11-23(12-6-19)25-15-10-22(4)27(18-25)26-16-9-21(3)17-28(26)24-13-7-20(2)8-14-24/h5-18H,1-4H3. The molecule has 0 saturated carbocycles. The first-order chi connectivity index (χ1) is 13.5. The van der Waals surface area contributed by atoms with Crippen molar-refractivity contribution in [2.75, 3.05) is 0 Å². The molecule has 0 spiro atoms. The van der Waals surface area contributed by atoms with Gasteiger partial charge in [-0.2, -0.15) is 0 Å². The van der Waals surface area contributed by atoms with E-state index in [-0.39, 0.29) is 0 Å². The van der Waals surface area contributed by atoms with Crippen LogP contribution in [0.25, 0.3) is 33.4 Å². The maximum Gasteiger partial charge on any atom is -0.0102 e. The van der Waals surface area contributed by atoms with E-state index in [1.807, 2.05) is 0 Å². The molecule has 0 N–H and O–H groups in total. The fourth-order valence-corrected chi connectivity index (χ4v) is 3.70. The summed E-state index contributed by atoms with van der Waals surface area (Å²) in [5.41, 5.74) is 12.8. The average molecular weight is 363 g/mol. The molecule has 0 aromatic heterocycles. The molecule has 28 heavy (non-hydrogen) atoms. The second-order valence-corrected chi connectivity index (χ2v) is 7.81. The fraction of sp³-hybridized carbons (Fsp3) is 0.143. The van der Waals surface area contributed by atoms with Crippen LogP contribution in [0.2, 0.25) is 0 Å². The van der Waals surface area contributed by atoms with Crippen LogP contribution in [0.5, 0.6) is 0 Å². The molecule has 0 fully saturated rings. The topological polar surface area (TPSA) is 0 Å². The Balaban J connectivity index is 1.88. The van der Waals surface area contributed by atoms with E-state index in [0.717, 1.165) is 0 Å². The average Bonchev–Trinajstić information content (AvgIpc) is 2.70. The summed E-state index contributed by atoms with van der Waals surface area (Å²) in [5, 5.41) is 0. The van der Waals surface area contributed by atoms with Gasteiger partial charge in [0.2, 0.25) is 0 Å². The molecular formula is C28H26. The van der Waals surface area contributed by atoms with E-state index in [2.05, 4.69) is 113 Å². The van der Waals surface area contributed by atoms with E-state index in [0.29, 0.717) is 0 Å². The molecule has 0 unspecified atom stereocenters. The van der Waals surface area contributed by atoms with Crippen molar-refractivity contribution in [2.45, 2.75) is 27.7 Å². The summed E-state index contributed by atoms with van der Waals surface area (Å²) in [6, 6.07) is 31.2. The molecule has 4 aromatic rings. The van der Waals surface area contributed by atoms with Gasteiger partial charge < -0.3 is 0 Å². The first-order valence-electron chi connectivity index (χ1n) is 9.87. The predicted molar refractivity (Wildman–Crippen MR) is 122 cm³/mol. The highest BCUT2D eigenvalue weighted by atomic mass is 14.2. The molecule has 4 aromatic carbocycles. The van der Waals surface area contributed by atoms with Crippen molar-refractivity contribution in [1.29, 1.82) is 0 Å². The molecule has 0 bridgehead atoms. The van der Waals surface area contributed by atoms with Crippen molar-refractivity contribution < 1.29 is 0 Å². The van der Waals surface area contributed by atoms with E-state index in [4.69, 9.17) is 0 Å². The van der Waals surface area contributed by atoms with Crippen molar-refractivity contribution in [3.8, 4) is 33.4 Å². The largest absolute Gasteiger partial charge is 0.0587 e. The van der Waals surface area contributed by atoms with Gasteiger partial charge in [0.15, 0.2) is 0 Å². The molecular weight excluding hydrogens is 336 g/mol. The Labute approximate surface area is 168 Å². The minimum atomic E-state index is 1.26. The van der Waals surface area contributed by atoms with E-state index >= 15 is 0 Å². The first kappa shape index (κ1) is 18.3. The molecule has 0 aliphatic carbocycles. The van der Waals surface area contributed by atoms with Crippen LogP contribution in [0, 0.1) is 27.7 Å². The van der Waals surface area contributed by atoms with Crippen LogP contribution in [-0.4, -0.2) is 0 Å². The highest BCUT2D eigenvalue weighted by molar-refractivity contribution is 5.87. The summed E-state index contributed by atoms with van der Waals surface area (Å²) >= 11 is 0. The highest BCUT2D eigenvalue weighted by Crippen LogP contribution is 2.37. The monoisotopic (exact) mass is 362 g/mol. The summed E-state index contributed by atoms with van der Waals surface area (Å²) in [6.07, 6.45) is 0. The second kappa shape index (κ2) is 7.48. The molecule has 138 valence electrons. The molecule has 0 radical (unpaired) electrons. The molecule has 0 aliphatic rings. The minimum Gasteiger partial charge on any atom is -0.0587 e. The first-order valence-corrected chi connectivity index (χ1v) is 9.87. The normalized spacial score (nSPS) is 10.9. The Morgan fingerprint density at radius 1 is 0.357 bits per heavy atom. The third-order valence-electron chi connectivity index (χ3n) is 5.45. The molecule has 0 nitrogen and oxygen atoms in total. The van der Waals surface area contributed by atoms with Crippen molar-refractivity contribution in [2.24, 2.45) is 0 Å². The second-order valence-electron chi connectivity index (χ2n) is 7.81. The number of hydrogen-bond donors (Lipinski definition) is 0. The lowest BCUT2D eigenvalue weighted by molar-refractivity contribution is 1.41. The van der Waals surface area contributed by atoms with Crippen LogP contribution in [0.3, 0.4) is 0 Å². The van der Waals surface area contributed by atoms with Gasteiger partial charge in [0.1, 0.15) is 0 Å². The minimum absolute atomic E-state index is 1.26. The van der Waals surface area contributed by atoms with Crippen LogP contribution in [0.1, 0.15) is 22.3 Å². The van der Waals surface area contributed by atoms with Crippen molar-refractivity contribution in [3.05, 3.63) is 107 Å². The molecule has 0 atom stereocenters. The Morgan fingerprint density at radius 3 is 1.54 bits per heavy atom. The molecule has 4 rings (SSSR count). The van der Waals surface area contributed by atoms with Crippen molar-refractivity contribution >= 4 is 0 Å². The van der Waals surface area contributed by atoms with Crippen molar-refractivity contribution in [3.63, 3.8) is 0 Å². The zero-order valence-electron chi connectivity index (χ0n) is 17.1. The van der Waals surface area contributed by atoms with Crippen molar-refractivity contribution in [1.82, 2.24) is 0 Å². The van der Waals surface area contributed by atoms with E-state index in [1.165, 1.54) is 55.6 Å². The molecule has 0 heterocycles. The Bertz CT molecular complexity index is 1110. The number of benzene rings is 4. The predicted octanol–water partition coefficient (Wildman–Crippen LogP) is 7.92. The van der Waals surface area contributed by atoms with Crippen LogP contribution < -0.4 is 0 Å². The van der Waals surface area contributed by atoms with Crippen LogP contribution in [0.4, 0.5) is 0 Å². The van der Waals surface area contributed by atoms with Gasteiger partial charge in [-0.3, -0.25) is 0 Å². The fourth-order valence-electron chi connectivity index (χ4n) is 3.70. The quantitative estimate of drug-likeness (QED) is 0.347. The van der Waals surface area contributed by atoms with Gasteiger partial charge in [0, 0.05) is 0 Å². The van der Waals surface area contributed by atoms with Gasteiger partial charge in [0.25, 0.3) is 0 Å². The van der Waals surface area contributed by atoms with Gasteiger partial charge in [-0.25, -0.2) is 0 Å². The van der Waals surface area contributed by atoms with Gasteiger partial charge in [-0.15, -0.1) is 0 Å². The summed E-state index contributed by atoms with van der Waals surface area (Å²) in [4.78, 5) is 0. The Morgan fingerprint density at radius 2 is 0.893 bits per heavy atom. The smallest absolute Gasteiger partial charge is 0.0102 e. The Kier molecular flexibility index (Phi) is 4.88. The van der Waals surface area contributed by atoms with Crippen LogP contribution in [0.15, 0.2) is 84.9 Å². The lowest BCUT2D eigenvalue weighted by Crippen LogP contribution is -1.91. The van der Waals surface area contributed by atoms with E-state index < -0.39 is 0 Å². The van der Waals surface area contributed by atoms with Crippen LogP contribution >= 0.6 is 0 Å². The molecule has 0 aliphatic heterocycles. The maximum atomic E-state index is 2.34. The third-order valence-corrected chi connectivity index (χ3v) is 5.45. The Hall–Kier alpha value is -3.12. The third kappa shape index (κ3) is 3.64. The number of aryl methyl sites for hydroxylation is 4. The van der Waals surface area contributed by atoms with Gasteiger partial charge >= 0.3 is 0 Å². The summed E-state index contributed by atoms with van der Waals surface area (Å²) < 4.78 is 0. The zero-order valence-corrected chi connectivity index (χ0v) is 17.1. The van der Waals surface area contributed by atoms with Gasteiger partial charge in [0.05, 0.1) is 0 Å². The SMILES string of the molecule is Cc1ccc(-c2ccc(C)c(-c3ccc(C)cc3-c3ccc(C)cc3)c2)cc1. The summed E-state index contributed by atoms with van der Waals surface area (Å²) in [6.45, 7) is 8.63. The zero-order chi connectivity index (χ0) is 19.7. The number of rotatable bonds is 3. The lowest BCUT2D eigenvalue weighted by atomic mass is 9.89. The summed E-state index contributed by atoms with van der Waals surface area (Å²) in [5.74, 6) is 0. The van der Waals surface area contributed by atoms with E-state index in [1.54, 1.807) is 0 Å².